The summed E-state index contributed by atoms with van der Waals surface area (Å²) in [6.45, 7) is -0.0625. The van der Waals surface area contributed by atoms with Gasteiger partial charge in [0.25, 0.3) is 0 Å². The second-order valence-electron chi connectivity index (χ2n) is 3.44. The highest BCUT2D eigenvalue weighted by Crippen LogP contribution is 2.36. The van der Waals surface area contributed by atoms with Crippen molar-refractivity contribution < 1.29 is 26.3 Å². The molecule has 1 N–H and O–H groups in total. The second kappa shape index (κ2) is 5.79. The molecule has 1 aromatic rings. The number of rotatable bonds is 2. The number of hydrogen-bond donors (Lipinski definition) is 1. The van der Waals surface area contributed by atoms with Crippen LogP contribution in [0, 0.1) is 0 Å². The Balaban J connectivity index is 0.00000289. The van der Waals surface area contributed by atoms with Crippen molar-refractivity contribution in [3.05, 3.63) is 34.9 Å². The zero-order valence-corrected chi connectivity index (χ0v) is 9.93. The average Bonchev–Trinajstić information content (AvgIpc) is 2.15. The van der Waals surface area contributed by atoms with Crippen molar-refractivity contribution in [3.8, 4) is 0 Å². The van der Waals surface area contributed by atoms with E-state index < -0.39 is 23.5 Å². The predicted molar refractivity (Wildman–Crippen MR) is 56.5 cm³/mol. The minimum absolute atomic E-state index is 0. The Morgan fingerprint density at radius 2 is 1.28 bits per heavy atom. The van der Waals surface area contributed by atoms with Gasteiger partial charge in [-0.25, -0.2) is 0 Å². The fraction of sp³-hybridized carbons (Fsp3) is 0.400. The van der Waals surface area contributed by atoms with E-state index in [-0.39, 0.29) is 30.6 Å². The standard InChI is InChI=1S/C10H9F6N.ClH/c1-17-5-6-2-7(9(11,12)13)4-8(3-6)10(14,15)16;/h2-4,17H,5H2,1H3;1H. The minimum Gasteiger partial charge on any atom is -0.316 e. The predicted octanol–water partition coefficient (Wildman–Crippen LogP) is 3.87. The number of halogens is 7. The maximum atomic E-state index is 12.4. The Kier molecular flexibility index (Phi) is 5.49. The lowest BCUT2D eigenvalue weighted by molar-refractivity contribution is -0.143. The first-order valence-corrected chi connectivity index (χ1v) is 4.57. The van der Waals surface area contributed by atoms with Crippen molar-refractivity contribution in [1.29, 1.82) is 0 Å². The molecule has 0 fully saturated rings. The van der Waals surface area contributed by atoms with Gasteiger partial charge in [-0.2, -0.15) is 26.3 Å². The van der Waals surface area contributed by atoms with Crippen molar-refractivity contribution in [2.45, 2.75) is 18.9 Å². The molecule has 0 aliphatic rings. The molecular weight excluding hydrogens is 284 g/mol. The molecule has 0 unspecified atom stereocenters. The lowest BCUT2D eigenvalue weighted by Crippen LogP contribution is -2.14. The first-order valence-electron chi connectivity index (χ1n) is 4.57. The Morgan fingerprint density at radius 1 is 0.889 bits per heavy atom. The first-order chi connectivity index (χ1) is 7.64. The maximum Gasteiger partial charge on any atom is 0.416 e. The molecule has 1 rings (SSSR count). The summed E-state index contributed by atoms with van der Waals surface area (Å²) in [6.07, 6.45) is -9.58. The topological polar surface area (TPSA) is 12.0 Å². The van der Waals surface area contributed by atoms with Crippen LogP contribution in [0.1, 0.15) is 16.7 Å². The van der Waals surface area contributed by atoms with Crippen LogP contribution in [-0.4, -0.2) is 7.05 Å². The molecule has 8 heteroatoms. The lowest BCUT2D eigenvalue weighted by atomic mass is 10.0. The molecule has 0 spiro atoms. The van der Waals surface area contributed by atoms with E-state index in [4.69, 9.17) is 0 Å². The Morgan fingerprint density at radius 3 is 1.56 bits per heavy atom. The molecule has 0 radical (unpaired) electrons. The van der Waals surface area contributed by atoms with Gasteiger partial charge in [0.1, 0.15) is 0 Å². The number of nitrogens with one attached hydrogen (secondary N) is 1. The Hall–Kier alpha value is -0.950. The van der Waals surface area contributed by atoms with Crippen LogP contribution in [0.3, 0.4) is 0 Å². The van der Waals surface area contributed by atoms with Crippen molar-refractivity contribution in [1.82, 2.24) is 5.32 Å². The highest BCUT2D eigenvalue weighted by Gasteiger charge is 2.36. The van der Waals surface area contributed by atoms with Crippen molar-refractivity contribution in [3.63, 3.8) is 0 Å². The molecule has 0 atom stereocenters. The van der Waals surface area contributed by atoms with Crippen LogP contribution in [0.25, 0.3) is 0 Å². The third kappa shape index (κ3) is 4.38. The van der Waals surface area contributed by atoms with E-state index in [9.17, 15) is 26.3 Å². The van der Waals surface area contributed by atoms with Crippen LogP contribution in [0.5, 0.6) is 0 Å². The van der Waals surface area contributed by atoms with Gasteiger partial charge in [-0.3, -0.25) is 0 Å². The molecule has 1 aromatic carbocycles. The monoisotopic (exact) mass is 293 g/mol. The molecule has 0 heterocycles. The fourth-order valence-corrected chi connectivity index (χ4v) is 1.33. The molecular formula is C10H10ClF6N. The SMILES string of the molecule is CNCc1cc(C(F)(F)F)cc(C(F)(F)F)c1.Cl. The van der Waals surface area contributed by atoms with Gasteiger partial charge in [0.05, 0.1) is 11.1 Å². The van der Waals surface area contributed by atoms with Crippen LogP contribution in [-0.2, 0) is 18.9 Å². The average molecular weight is 294 g/mol. The molecule has 0 amide bonds. The lowest BCUT2D eigenvalue weighted by Gasteiger charge is -2.13. The molecule has 104 valence electrons. The summed E-state index contributed by atoms with van der Waals surface area (Å²) in [5.41, 5.74) is -2.65. The number of benzene rings is 1. The molecule has 0 aromatic heterocycles. The summed E-state index contributed by atoms with van der Waals surface area (Å²) in [7, 11) is 1.44. The van der Waals surface area contributed by atoms with Crippen LogP contribution < -0.4 is 5.32 Å². The summed E-state index contributed by atoms with van der Waals surface area (Å²) in [5.74, 6) is 0. The van der Waals surface area contributed by atoms with E-state index in [0.717, 1.165) is 0 Å². The largest absolute Gasteiger partial charge is 0.416 e. The van der Waals surface area contributed by atoms with Crippen LogP contribution in [0.2, 0.25) is 0 Å². The van der Waals surface area contributed by atoms with Crippen LogP contribution >= 0.6 is 12.4 Å². The van der Waals surface area contributed by atoms with Gasteiger partial charge in [-0.1, -0.05) is 0 Å². The van der Waals surface area contributed by atoms with Gasteiger partial charge in [0.15, 0.2) is 0 Å². The summed E-state index contributed by atoms with van der Waals surface area (Å²) in [4.78, 5) is 0. The van der Waals surface area contributed by atoms with E-state index in [1.54, 1.807) is 0 Å². The third-order valence-electron chi connectivity index (χ3n) is 2.03. The summed E-state index contributed by atoms with van der Waals surface area (Å²) < 4.78 is 74.3. The van der Waals surface area contributed by atoms with Crippen LogP contribution in [0.15, 0.2) is 18.2 Å². The number of alkyl halides is 6. The smallest absolute Gasteiger partial charge is 0.316 e. The van der Waals surface area contributed by atoms with E-state index >= 15 is 0 Å². The minimum atomic E-state index is -4.79. The zero-order chi connectivity index (χ0) is 13.3. The Labute approximate surface area is 106 Å². The van der Waals surface area contributed by atoms with Crippen molar-refractivity contribution in [2.75, 3.05) is 7.05 Å². The van der Waals surface area contributed by atoms with Gasteiger partial charge in [0.2, 0.25) is 0 Å². The van der Waals surface area contributed by atoms with E-state index in [1.165, 1.54) is 7.05 Å². The normalized spacial score (nSPS) is 12.2. The molecule has 18 heavy (non-hydrogen) atoms. The second-order valence-corrected chi connectivity index (χ2v) is 3.44. The molecule has 0 aliphatic heterocycles. The third-order valence-corrected chi connectivity index (χ3v) is 2.03. The summed E-state index contributed by atoms with van der Waals surface area (Å²) in [6, 6.07) is 1.51. The summed E-state index contributed by atoms with van der Waals surface area (Å²) >= 11 is 0. The van der Waals surface area contributed by atoms with Gasteiger partial charge < -0.3 is 5.32 Å². The van der Waals surface area contributed by atoms with Crippen LogP contribution in [0.4, 0.5) is 26.3 Å². The maximum absolute atomic E-state index is 12.4. The van der Waals surface area contributed by atoms with Crippen molar-refractivity contribution >= 4 is 12.4 Å². The molecule has 0 saturated heterocycles. The van der Waals surface area contributed by atoms with E-state index in [1.807, 2.05) is 0 Å². The summed E-state index contributed by atoms with van der Waals surface area (Å²) in [5, 5.41) is 2.51. The van der Waals surface area contributed by atoms with Crippen molar-refractivity contribution in [2.24, 2.45) is 0 Å². The quantitative estimate of drug-likeness (QED) is 0.816. The van der Waals surface area contributed by atoms with Gasteiger partial charge in [-0.15, -0.1) is 12.4 Å². The Bertz CT molecular complexity index is 366. The van der Waals surface area contributed by atoms with Gasteiger partial charge >= 0.3 is 12.4 Å². The molecule has 1 nitrogen and oxygen atoms in total. The first kappa shape index (κ1) is 17.1. The fourth-order valence-electron chi connectivity index (χ4n) is 1.33. The van der Waals surface area contributed by atoms with Gasteiger partial charge in [0, 0.05) is 6.54 Å². The highest BCUT2D eigenvalue weighted by molar-refractivity contribution is 5.85. The van der Waals surface area contributed by atoms with E-state index in [2.05, 4.69) is 5.32 Å². The highest BCUT2D eigenvalue weighted by atomic mass is 35.5. The zero-order valence-electron chi connectivity index (χ0n) is 9.12. The number of hydrogen-bond acceptors (Lipinski definition) is 1. The molecule has 0 aliphatic carbocycles. The van der Waals surface area contributed by atoms with E-state index in [0.29, 0.717) is 12.1 Å². The van der Waals surface area contributed by atoms with Gasteiger partial charge in [-0.05, 0) is 30.8 Å². The molecule has 0 saturated carbocycles. The molecule has 0 bridgehead atoms.